The van der Waals surface area contributed by atoms with Crippen LogP contribution in [0.1, 0.15) is 15.9 Å². The molecule has 0 atom stereocenters. The molecule has 0 fully saturated rings. The van der Waals surface area contributed by atoms with Crippen molar-refractivity contribution in [1.82, 2.24) is 9.61 Å². The topological polar surface area (TPSA) is 72.4 Å². The Bertz CT molecular complexity index is 840. The van der Waals surface area contributed by atoms with Crippen LogP contribution in [0.15, 0.2) is 54.9 Å². The zero-order valence-corrected chi connectivity index (χ0v) is 11.8. The Morgan fingerprint density at radius 2 is 2.10 bits per heavy atom. The summed E-state index contributed by atoms with van der Waals surface area (Å²) in [4.78, 5) is 12.6. The molecule has 2 heterocycles. The number of thiocarbonyl (C=S) groups is 1. The lowest BCUT2D eigenvalue weighted by molar-refractivity contribution is 0.102. The van der Waals surface area contributed by atoms with Crippen molar-refractivity contribution in [2.24, 2.45) is 5.73 Å². The van der Waals surface area contributed by atoms with E-state index in [1.807, 2.05) is 18.2 Å². The highest BCUT2D eigenvalue weighted by Crippen LogP contribution is 2.15. The van der Waals surface area contributed by atoms with Crippen molar-refractivity contribution in [3.63, 3.8) is 0 Å². The van der Waals surface area contributed by atoms with Gasteiger partial charge in [-0.05, 0) is 24.3 Å². The number of rotatable bonds is 3. The van der Waals surface area contributed by atoms with E-state index < -0.39 is 0 Å². The molecule has 0 spiro atoms. The lowest BCUT2D eigenvalue weighted by Crippen LogP contribution is -2.13. The van der Waals surface area contributed by atoms with E-state index in [-0.39, 0.29) is 5.91 Å². The van der Waals surface area contributed by atoms with Gasteiger partial charge < -0.3 is 11.1 Å². The van der Waals surface area contributed by atoms with Crippen molar-refractivity contribution in [1.29, 1.82) is 0 Å². The Hall–Kier alpha value is -2.73. The molecule has 0 bridgehead atoms. The highest BCUT2D eigenvalue weighted by Gasteiger charge is 2.12. The lowest BCUT2D eigenvalue weighted by Gasteiger charge is -2.06. The summed E-state index contributed by atoms with van der Waals surface area (Å²) in [6, 6.07) is 12.7. The number of hydrogen-bond donors (Lipinski definition) is 2. The first-order valence-electron chi connectivity index (χ1n) is 6.29. The third-order valence-electron chi connectivity index (χ3n) is 3.08. The van der Waals surface area contributed by atoms with E-state index in [4.69, 9.17) is 18.0 Å². The highest BCUT2D eigenvalue weighted by molar-refractivity contribution is 7.80. The molecule has 0 unspecified atom stereocenters. The highest BCUT2D eigenvalue weighted by atomic mass is 32.1. The predicted octanol–water partition coefficient (Wildman–Crippen LogP) is 2.22. The lowest BCUT2D eigenvalue weighted by atomic mass is 10.2. The molecule has 0 aliphatic heterocycles. The molecular weight excluding hydrogens is 284 g/mol. The Morgan fingerprint density at radius 3 is 2.90 bits per heavy atom. The van der Waals surface area contributed by atoms with E-state index in [0.29, 0.717) is 21.8 Å². The minimum Gasteiger partial charge on any atom is -0.389 e. The number of amides is 1. The van der Waals surface area contributed by atoms with Crippen molar-refractivity contribution in [2.45, 2.75) is 0 Å². The van der Waals surface area contributed by atoms with Crippen LogP contribution in [-0.4, -0.2) is 20.5 Å². The Morgan fingerprint density at radius 1 is 1.24 bits per heavy atom. The van der Waals surface area contributed by atoms with Crippen molar-refractivity contribution >= 4 is 34.3 Å². The summed E-state index contributed by atoms with van der Waals surface area (Å²) in [6.07, 6.45) is 3.33. The Labute approximate surface area is 126 Å². The van der Waals surface area contributed by atoms with E-state index in [1.54, 1.807) is 41.2 Å². The molecule has 0 saturated heterocycles. The van der Waals surface area contributed by atoms with Crippen LogP contribution in [0, 0.1) is 0 Å². The second-order valence-electron chi connectivity index (χ2n) is 4.49. The number of benzene rings is 1. The van der Waals surface area contributed by atoms with Gasteiger partial charge in [0.25, 0.3) is 5.91 Å². The fourth-order valence-corrected chi connectivity index (χ4v) is 2.19. The number of pyridine rings is 1. The van der Waals surface area contributed by atoms with Crippen LogP contribution in [0.2, 0.25) is 0 Å². The summed E-state index contributed by atoms with van der Waals surface area (Å²) in [5.74, 6) is -0.226. The standard InChI is InChI=1S/C15H12N4OS/c16-14(21)10-4-3-5-11(8-10)18-15(20)12-9-17-19-7-2-1-6-13(12)19/h1-9H,(H2,16,21)(H,18,20). The average molecular weight is 296 g/mol. The van der Waals surface area contributed by atoms with Crippen LogP contribution in [0.4, 0.5) is 5.69 Å². The van der Waals surface area contributed by atoms with E-state index in [1.165, 1.54) is 0 Å². The summed E-state index contributed by atoms with van der Waals surface area (Å²) < 4.78 is 1.65. The number of carbonyl (C=O) groups is 1. The molecule has 1 amide bonds. The van der Waals surface area contributed by atoms with Crippen molar-refractivity contribution < 1.29 is 4.79 Å². The first-order valence-corrected chi connectivity index (χ1v) is 6.69. The fraction of sp³-hybridized carbons (Fsp3) is 0. The Kier molecular flexibility index (Phi) is 3.37. The molecule has 104 valence electrons. The van der Waals surface area contributed by atoms with Gasteiger partial charge in [0.2, 0.25) is 0 Å². The van der Waals surface area contributed by atoms with Crippen molar-refractivity contribution in [3.8, 4) is 0 Å². The summed E-state index contributed by atoms with van der Waals surface area (Å²) in [5, 5.41) is 6.97. The van der Waals surface area contributed by atoms with Crippen LogP contribution >= 0.6 is 12.2 Å². The largest absolute Gasteiger partial charge is 0.389 e. The first-order chi connectivity index (χ1) is 10.1. The average Bonchev–Trinajstić information content (AvgIpc) is 2.91. The molecular formula is C15H12N4OS. The van der Waals surface area contributed by atoms with Crippen molar-refractivity contribution in [3.05, 3.63) is 66.0 Å². The number of aromatic nitrogens is 2. The number of nitrogens with zero attached hydrogens (tertiary/aromatic N) is 2. The molecule has 21 heavy (non-hydrogen) atoms. The van der Waals surface area contributed by atoms with Gasteiger partial charge in [-0.2, -0.15) is 5.10 Å². The normalized spacial score (nSPS) is 10.5. The molecule has 1 aromatic carbocycles. The van der Waals surface area contributed by atoms with Crippen LogP contribution < -0.4 is 11.1 Å². The molecule has 0 aliphatic rings. The molecule has 3 aromatic rings. The number of fused-ring (bicyclic) bond motifs is 1. The zero-order chi connectivity index (χ0) is 14.8. The monoisotopic (exact) mass is 296 g/mol. The Balaban J connectivity index is 1.90. The van der Waals surface area contributed by atoms with E-state index >= 15 is 0 Å². The van der Waals surface area contributed by atoms with Gasteiger partial charge >= 0.3 is 0 Å². The van der Waals surface area contributed by atoms with Crippen molar-refractivity contribution in [2.75, 3.05) is 5.32 Å². The van der Waals surface area contributed by atoms with Gasteiger partial charge in [-0.15, -0.1) is 0 Å². The number of nitrogens with one attached hydrogen (secondary N) is 1. The van der Waals surface area contributed by atoms with Gasteiger partial charge in [-0.3, -0.25) is 4.79 Å². The van der Waals surface area contributed by atoms with E-state index in [0.717, 1.165) is 5.52 Å². The summed E-state index contributed by atoms with van der Waals surface area (Å²) in [5.41, 5.74) is 8.20. The molecule has 5 nitrogen and oxygen atoms in total. The third kappa shape index (κ3) is 2.61. The molecule has 0 aliphatic carbocycles. The number of carbonyl (C=O) groups excluding carboxylic acids is 1. The summed E-state index contributed by atoms with van der Waals surface area (Å²) in [6.45, 7) is 0. The van der Waals surface area contributed by atoms with E-state index in [9.17, 15) is 4.79 Å². The SMILES string of the molecule is NC(=S)c1cccc(NC(=O)c2cnn3ccccc23)c1. The number of hydrogen-bond acceptors (Lipinski definition) is 3. The van der Waals surface area contributed by atoms with Gasteiger partial charge in [0.05, 0.1) is 17.3 Å². The molecule has 3 N–H and O–H groups in total. The maximum atomic E-state index is 12.3. The summed E-state index contributed by atoms with van der Waals surface area (Å²) >= 11 is 4.93. The molecule has 6 heteroatoms. The zero-order valence-electron chi connectivity index (χ0n) is 11.0. The van der Waals surface area contributed by atoms with Crippen LogP contribution in [0.3, 0.4) is 0 Å². The van der Waals surface area contributed by atoms with Gasteiger partial charge in [-0.1, -0.05) is 30.4 Å². The van der Waals surface area contributed by atoms with E-state index in [2.05, 4.69) is 10.4 Å². The van der Waals surface area contributed by atoms with Crippen LogP contribution in [0.5, 0.6) is 0 Å². The molecule has 3 rings (SSSR count). The van der Waals surface area contributed by atoms with Crippen LogP contribution in [0.25, 0.3) is 5.52 Å². The minimum absolute atomic E-state index is 0.226. The number of anilines is 1. The van der Waals surface area contributed by atoms with Gasteiger partial charge in [0.1, 0.15) is 4.99 Å². The van der Waals surface area contributed by atoms with Gasteiger partial charge in [-0.25, -0.2) is 4.52 Å². The first kappa shape index (κ1) is 13.3. The molecule has 2 aromatic heterocycles. The van der Waals surface area contributed by atoms with Gasteiger partial charge in [0.15, 0.2) is 0 Å². The third-order valence-corrected chi connectivity index (χ3v) is 3.31. The smallest absolute Gasteiger partial charge is 0.259 e. The van der Waals surface area contributed by atoms with Gasteiger partial charge in [0, 0.05) is 17.4 Å². The maximum Gasteiger partial charge on any atom is 0.259 e. The molecule has 0 radical (unpaired) electrons. The maximum absolute atomic E-state index is 12.3. The second kappa shape index (κ2) is 5.34. The van der Waals surface area contributed by atoms with Crippen LogP contribution in [-0.2, 0) is 0 Å². The summed E-state index contributed by atoms with van der Waals surface area (Å²) in [7, 11) is 0. The predicted molar refractivity (Wildman–Crippen MR) is 85.5 cm³/mol. The second-order valence-corrected chi connectivity index (χ2v) is 4.93. The fourth-order valence-electron chi connectivity index (χ4n) is 2.06. The quantitative estimate of drug-likeness (QED) is 0.727. The minimum atomic E-state index is -0.226. The molecule has 0 saturated carbocycles. The number of nitrogens with two attached hydrogens (primary N) is 1.